The summed E-state index contributed by atoms with van der Waals surface area (Å²) in [4.78, 5) is 0. The van der Waals surface area contributed by atoms with Crippen molar-refractivity contribution in [3.8, 4) is 0 Å². The molecule has 0 aliphatic heterocycles. The van der Waals surface area contributed by atoms with Crippen molar-refractivity contribution in [2.24, 2.45) is 5.92 Å². The fourth-order valence-corrected chi connectivity index (χ4v) is 2.43. The Bertz CT molecular complexity index is 343. The van der Waals surface area contributed by atoms with Gasteiger partial charge in [-0.2, -0.15) is 0 Å². The molecule has 1 aromatic carbocycles. The van der Waals surface area contributed by atoms with E-state index in [1.54, 1.807) is 12.1 Å². The zero-order valence-corrected chi connectivity index (χ0v) is 11.7. The predicted octanol–water partition coefficient (Wildman–Crippen LogP) is 4.64. The SMILES string of the molecule is CCCCC(CC)CC(C)(O)c1ccc(F)cc1. The molecule has 0 saturated carbocycles. The summed E-state index contributed by atoms with van der Waals surface area (Å²) in [6.45, 7) is 6.18. The maximum absolute atomic E-state index is 12.9. The van der Waals surface area contributed by atoms with Crippen molar-refractivity contribution in [2.45, 2.75) is 58.5 Å². The van der Waals surface area contributed by atoms with Gasteiger partial charge < -0.3 is 5.11 Å². The molecule has 18 heavy (non-hydrogen) atoms. The number of hydrogen-bond donors (Lipinski definition) is 1. The standard InChI is InChI=1S/C16H25FO/c1-4-6-7-13(5-2)12-16(3,18)14-8-10-15(17)11-9-14/h8-11,13,18H,4-7,12H2,1-3H3. The largest absolute Gasteiger partial charge is 0.385 e. The number of rotatable bonds is 7. The second-order valence-corrected chi connectivity index (χ2v) is 5.40. The molecular weight excluding hydrogens is 227 g/mol. The summed E-state index contributed by atoms with van der Waals surface area (Å²) in [6, 6.07) is 6.19. The average molecular weight is 252 g/mol. The fraction of sp³-hybridized carbons (Fsp3) is 0.625. The first-order chi connectivity index (χ1) is 8.49. The normalized spacial score (nSPS) is 16.3. The summed E-state index contributed by atoms with van der Waals surface area (Å²) >= 11 is 0. The van der Waals surface area contributed by atoms with Crippen molar-refractivity contribution in [1.82, 2.24) is 0 Å². The lowest BCUT2D eigenvalue weighted by atomic mass is 9.83. The second kappa shape index (κ2) is 6.89. The first-order valence-corrected chi connectivity index (χ1v) is 6.98. The number of unbranched alkanes of at least 4 members (excludes halogenated alkanes) is 1. The highest BCUT2D eigenvalue weighted by atomic mass is 19.1. The van der Waals surface area contributed by atoms with Crippen LogP contribution in [0.15, 0.2) is 24.3 Å². The van der Waals surface area contributed by atoms with E-state index in [0.717, 1.165) is 24.8 Å². The molecule has 0 bridgehead atoms. The predicted molar refractivity (Wildman–Crippen MR) is 73.9 cm³/mol. The van der Waals surface area contributed by atoms with Crippen molar-refractivity contribution in [1.29, 1.82) is 0 Å². The van der Waals surface area contributed by atoms with E-state index in [9.17, 15) is 9.50 Å². The van der Waals surface area contributed by atoms with E-state index in [1.165, 1.54) is 25.0 Å². The van der Waals surface area contributed by atoms with Gasteiger partial charge in [0.05, 0.1) is 5.60 Å². The van der Waals surface area contributed by atoms with Gasteiger partial charge in [-0.1, -0.05) is 51.7 Å². The van der Waals surface area contributed by atoms with E-state index in [2.05, 4.69) is 13.8 Å². The minimum atomic E-state index is -0.859. The molecule has 0 amide bonds. The molecule has 102 valence electrons. The second-order valence-electron chi connectivity index (χ2n) is 5.40. The van der Waals surface area contributed by atoms with Crippen molar-refractivity contribution in [3.05, 3.63) is 35.6 Å². The Hall–Kier alpha value is -0.890. The third kappa shape index (κ3) is 4.41. The van der Waals surface area contributed by atoms with Crippen molar-refractivity contribution in [2.75, 3.05) is 0 Å². The Kier molecular flexibility index (Phi) is 5.80. The van der Waals surface area contributed by atoms with Crippen LogP contribution in [0, 0.1) is 11.7 Å². The molecule has 0 spiro atoms. The van der Waals surface area contributed by atoms with Crippen LogP contribution in [0.4, 0.5) is 4.39 Å². The Balaban J connectivity index is 2.69. The lowest BCUT2D eigenvalue weighted by molar-refractivity contribution is 0.0274. The molecule has 0 radical (unpaired) electrons. The number of benzene rings is 1. The van der Waals surface area contributed by atoms with Crippen LogP contribution < -0.4 is 0 Å². The van der Waals surface area contributed by atoms with Gasteiger partial charge in [-0.25, -0.2) is 4.39 Å². The van der Waals surface area contributed by atoms with Crippen LogP contribution in [-0.2, 0) is 5.60 Å². The van der Waals surface area contributed by atoms with E-state index in [0.29, 0.717) is 5.92 Å². The lowest BCUT2D eigenvalue weighted by Crippen LogP contribution is -2.25. The molecule has 0 aliphatic rings. The highest BCUT2D eigenvalue weighted by molar-refractivity contribution is 5.22. The van der Waals surface area contributed by atoms with E-state index < -0.39 is 5.60 Å². The first kappa shape index (κ1) is 15.2. The van der Waals surface area contributed by atoms with Crippen LogP contribution in [0.2, 0.25) is 0 Å². The molecule has 0 fully saturated rings. The van der Waals surface area contributed by atoms with Gasteiger partial charge in [0.25, 0.3) is 0 Å². The van der Waals surface area contributed by atoms with Gasteiger partial charge in [0.1, 0.15) is 5.82 Å². The van der Waals surface area contributed by atoms with Gasteiger partial charge in [0, 0.05) is 0 Å². The number of aliphatic hydroxyl groups is 1. The Morgan fingerprint density at radius 2 is 1.83 bits per heavy atom. The smallest absolute Gasteiger partial charge is 0.123 e. The Morgan fingerprint density at radius 1 is 1.22 bits per heavy atom. The molecular formula is C16H25FO. The van der Waals surface area contributed by atoms with Gasteiger partial charge in [0.2, 0.25) is 0 Å². The molecule has 2 heteroatoms. The van der Waals surface area contributed by atoms with E-state index in [4.69, 9.17) is 0 Å². The zero-order chi connectivity index (χ0) is 13.6. The zero-order valence-electron chi connectivity index (χ0n) is 11.7. The van der Waals surface area contributed by atoms with E-state index >= 15 is 0 Å². The number of hydrogen-bond acceptors (Lipinski definition) is 1. The van der Waals surface area contributed by atoms with Gasteiger partial charge in [-0.15, -0.1) is 0 Å². The molecule has 2 unspecified atom stereocenters. The summed E-state index contributed by atoms with van der Waals surface area (Å²) in [5.41, 5.74) is -0.0545. The topological polar surface area (TPSA) is 20.2 Å². The molecule has 0 aromatic heterocycles. The average Bonchev–Trinajstić information content (AvgIpc) is 2.35. The first-order valence-electron chi connectivity index (χ1n) is 6.98. The molecule has 0 saturated heterocycles. The van der Waals surface area contributed by atoms with Crippen molar-refractivity contribution in [3.63, 3.8) is 0 Å². The highest BCUT2D eigenvalue weighted by Crippen LogP contribution is 2.31. The van der Waals surface area contributed by atoms with Gasteiger partial charge in [-0.3, -0.25) is 0 Å². The van der Waals surface area contributed by atoms with Crippen LogP contribution in [0.25, 0.3) is 0 Å². The lowest BCUT2D eigenvalue weighted by Gasteiger charge is -2.28. The molecule has 2 atom stereocenters. The molecule has 1 nitrogen and oxygen atoms in total. The van der Waals surface area contributed by atoms with Gasteiger partial charge in [-0.05, 0) is 37.0 Å². The Labute approximate surface area is 110 Å². The number of halogens is 1. The monoisotopic (exact) mass is 252 g/mol. The molecule has 1 rings (SSSR count). The highest BCUT2D eigenvalue weighted by Gasteiger charge is 2.26. The summed E-state index contributed by atoms with van der Waals surface area (Å²) in [5.74, 6) is 0.276. The van der Waals surface area contributed by atoms with Crippen molar-refractivity contribution >= 4 is 0 Å². The summed E-state index contributed by atoms with van der Waals surface area (Å²) < 4.78 is 12.9. The molecule has 0 aliphatic carbocycles. The quantitative estimate of drug-likeness (QED) is 0.749. The minimum Gasteiger partial charge on any atom is -0.385 e. The van der Waals surface area contributed by atoms with Crippen LogP contribution in [0.3, 0.4) is 0 Å². The maximum atomic E-state index is 12.9. The van der Waals surface area contributed by atoms with Gasteiger partial charge >= 0.3 is 0 Å². The van der Waals surface area contributed by atoms with E-state index in [-0.39, 0.29) is 5.82 Å². The maximum Gasteiger partial charge on any atom is 0.123 e. The molecule has 1 aromatic rings. The third-order valence-corrected chi connectivity index (χ3v) is 3.70. The van der Waals surface area contributed by atoms with Crippen LogP contribution in [-0.4, -0.2) is 5.11 Å². The summed E-state index contributed by atoms with van der Waals surface area (Å²) in [5, 5.41) is 10.6. The van der Waals surface area contributed by atoms with Crippen molar-refractivity contribution < 1.29 is 9.50 Å². The van der Waals surface area contributed by atoms with Gasteiger partial charge in [0.15, 0.2) is 0 Å². The van der Waals surface area contributed by atoms with E-state index in [1.807, 2.05) is 6.92 Å². The summed E-state index contributed by atoms with van der Waals surface area (Å²) in [6.07, 6.45) is 5.38. The molecule has 1 N–H and O–H groups in total. The Morgan fingerprint density at radius 3 is 2.33 bits per heavy atom. The molecule has 0 heterocycles. The minimum absolute atomic E-state index is 0.257. The fourth-order valence-electron chi connectivity index (χ4n) is 2.43. The van der Waals surface area contributed by atoms with Crippen LogP contribution >= 0.6 is 0 Å². The van der Waals surface area contributed by atoms with Crippen LogP contribution in [0.1, 0.15) is 58.4 Å². The third-order valence-electron chi connectivity index (χ3n) is 3.70. The van der Waals surface area contributed by atoms with Crippen LogP contribution in [0.5, 0.6) is 0 Å². The summed E-state index contributed by atoms with van der Waals surface area (Å²) in [7, 11) is 0.